The Morgan fingerprint density at radius 2 is 2.11 bits per heavy atom. The second-order valence-electron chi connectivity index (χ2n) is 4.94. The number of nitrogens with zero attached hydrogens (tertiary/aromatic N) is 2. The van der Waals surface area contributed by atoms with Crippen molar-refractivity contribution in [2.24, 2.45) is 0 Å². The molecule has 5 heteroatoms. The van der Waals surface area contributed by atoms with Crippen molar-refractivity contribution in [1.29, 1.82) is 0 Å². The van der Waals surface area contributed by atoms with Crippen molar-refractivity contribution >= 4 is 11.6 Å². The van der Waals surface area contributed by atoms with E-state index in [9.17, 15) is 0 Å². The van der Waals surface area contributed by atoms with Crippen LogP contribution in [0.25, 0.3) is 11.5 Å². The molecule has 0 atom stereocenters. The molecule has 100 valence electrons. The zero-order valence-electron chi connectivity index (χ0n) is 10.8. The van der Waals surface area contributed by atoms with E-state index in [1.807, 2.05) is 25.1 Å². The lowest BCUT2D eigenvalue weighted by Gasteiger charge is -2.18. The molecule has 4 nitrogen and oxygen atoms in total. The molecule has 1 aliphatic heterocycles. The number of hydrogen-bond acceptors (Lipinski definition) is 4. The average molecular weight is 278 g/mol. The van der Waals surface area contributed by atoms with Crippen molar-refractivity contribution < 1.29 is 4.52 Å². The van der Waals surface area contributed by atoms with Crippen LogP contribution in [0.5, 0.6) is 0 Å². The highest BCUT2D eigenvalue weighted by Gasteiger charge is 2.21. The fourth-order valence-electron chi connectivity index (χ4n) is 2.41. The molecule has 0 unspecified atom stereocenters. The maximum absolute atomic E-state index is 6.02. The Balaban J connectivity index is 1.89. The number of nitrogens with one attached hydrogen (secondary N) is 1. The molecule has 0 bridgehead atoms. The van der Waals surface area contributed by atoms with Crippen molar-refractivity contribution in [2.75, 3.05) is 13.1 Å². The number of aromatic nitrogens is 2. The van der Waals surface area contributed by atoms with Gasteiger partial charge in [-0.15, -0.1) is 0 Å². The fourth-order valence-corrected chi connectivity index (χ4v) is 2.59. The molecule has 2 heterocycles. The van der Waals surface area contributed by atoms with Gasteiger partial charge in [0.2, 0.25) is 0 Å². The number of piperidine rings is 1. The Hall–Kier alpha value is -1.39. The summed E-state index contributed by atoms with van der Waals surface area (Å²) in [6.07, 6.45) is 2.13. The van der Waals surface area contributed by atoms with Crippen molar-refractivity contribution in [1.82, 2.24) is 15.5 Å². The Labute approximate surface area is 117 Å². The van der Waals surface area contributed by atoms with E-state index in [-0.39, 0.29) is 0 Å². The summed E-state index contributed by atoms with van der Waals surface area (Å²) in [5, 5.41) is 8.15. The van der Waals surface area contributed by atoms with Crippen LogP contribution in [-0.2, 0) is 0 Å². The van der Waals surface area contributed by atoms with Crippen molar-refractivity contribution in [3.63, 3.8) is 0 Å². The number of hydrogen-bond donors (Lipinski definition) is 1. The molecule has 1 fully saturated rings. The van der Waals surface area contributed by atoms with Crippen LogP contribution in [0.4, 0.5) is 0 Å². The van der Waals surface area contributed by atoms with Gasteiger partial charge in [-0.1, -0.05) is 22.8 Å². The van der Waals surface area contributed by atoms with Crippen LogP contribution in [0, 0.1) is 6.92 Å². The number of aryl methyl sites for hydroxylation is 1. The van der Waals surface area contributed by atoms with Crippen LogP contribution in [0.3, 0.4) is 0 Å². The Kier molecular flexibility index (Phi) is 3.53. The highest BCUT2D eigenvalue weighted by molar-refractivity contribution is 6.30. The third-order valence-electron chi connectivity index (χ3n) is 3.58. The summed E-state index contributed by atoms with van der Waals surface area (Å²) in [6, 6.07) is 5.70. The maximum Gasteiger partial charge on any atom is 0.258 e. The largest absolute Gasteiger partial charge is 0.334 e. The van der Waals surface area contributed by atoms with Crippen LogP contribution in [-0.4, -0.2) is 23.2 Å². The van der Waals surface area contributed by atoms with Gasteiger partial charge in [0.05, 0.1) is 0 Å². The van der Waals surface area contributed by atoms with E-state index in [2.05, 4.69) is 15.5 Å². The summed E-state index contributed by atoms with van der Waals surface area (Å²) in [5.41, 5.74) is 2.00. The highest BCUT2D eigenvalue weighted by Crippen LogP contribution is 2.28. The minimum atomic E-state index is 0.401. The van der Waals surface area contributed by atoms with Gasteiger partial charge in [0, 0.05) is 16.5 Å². The van der Waals surface area contributed by atoms with Gasteiger partial charge in [0.1, 0.15) is 0 Å². The first-order chi connectivity index (χ1) is 9.24. The molecule has 0 amide bonds. The molecule has 1 aromatic heterocycles. The van der Waals surface area contributed by atoms with Gasteiger partial charge in [0.15, 0.2) is 5.82 Å². The topological polar surface area (TPSA) is 51.0 Å². The number of rotatable bonds is 2. The van der Waals surface area contributed by atoms with Gasteiger partial charge >= 0.3 is 0 Å². The molecule has 0 saturated carbocycles. The summed E-state index contributed by atoms with van der Waals surface area (Å²) >= 11 is 6.02. The van der Waals surface area contributed by atoms with Gasteiger partial charge in [-0.05, 0) is 50.6 Å². The van der Waals surface area contributed by atoms with Gasteiger partial charge in [-0.2, -0.15) is 4.98 Å². The van der Waals surface area contributed by atoms with Crippen molar-refractivity contribution in [2.45, 2.75) is 25.7 Å². The predicted octanol–water partition coefficient (Wildman–Crippen LogP) is 3.17. The first kappa shape index (κ1) is 12.6. The first-order valence-electron chi connectivity index (χ1n) is 6.55. The minimum absolute atomic E-state index is 0.401. The average Bonchev–Trinajstić information content (AvgIpc) is 2.92. The van der Waals surface area contributed by atoms with Crippen molar-refractivity contribution in [3.05, 3.63) is 34.6 Å². The fraction of sp³-hybridized carbons (Fsp3) is 0.429. The summed E-state index contributed by atoms with van der Waals surface area (Å²) in [6.45, 7) is 4.05. The summed E-state index contributed by atoms with van der Waals surface area (Å²) in [7, 11) is 0. The van der Waals surface area contributed by atoms with Gasteiger partial charge in [-0.3, -0.25) is 0 Å². The Morgan fingerprint density at radius 3 is 2.89 bits per heavy atom. The van der Waals surface area contributed by atoms with Crippen LogP contribution in [0.2, 0.25) is 5.02 Å². The lowest BCUT2D eigenvalue weighted by molar-refractivity contribution is 0.392. The zero-order chi connectivity index (χ0) is 13.2. The van der Waals surface area contributed by atoms with E-state index in [1.54, 1.807) is 0 Å². The van der Waals surface area contributed by atoms with E-state index in [1.165, 1.54) is 0 Å². The molecule has 19 heavy (non-hydrogen) atoms. The molecule has 1 saturated heterocycles. The molecule has 1 aromatic carbocycles. The normalized spacial score (nSPS) is 16.7. The minimum Gasteiger partial charge on any atom is -0.334 e. The molecular weight excluding hydrogens is 262 g/mol. The van der Waals surface area contributed by atoms with Crippen LogP contribution < -0.4 is 5.32 Å². The van der Waals surface area contributed by atoms with Crippen LogP contribution in [0.15, 0.2) is 22.7 Å². The third kappa shape index (κ3) is 2.65. The summed E-state index contributed by atoms with van der Waals surface area (Å²) < 4.78 is 5.40. The van der Waals surface area contributed by atoms with E-state index in [0.717, 1.165) is 42.9 Å². The van der Waals surface area contributed by atoms with E-state index < -0.39 is 0 Å². The molecule has 3 rings (SSSR count). The molecule has 0 aliphatic carbocycles. The Bertz CT molecular complexity index is 576. The zero-order valence-corrected chi connectivity index (χ0v) is 11.6. The van der Waals surface area contributed by atoms with Gasteiger partial charge in [-0.25, -0.2) is 0 Å². The molecule has 1 N–H and O–H groups in total. The lowest BCUT2D eigenvalue weighted by atomic mass is 9.97. The molecule has 2 aromatic rings. The number of benzene rings is 1. The second-order valence-corrected chi connectivity index (χ2v) is 5.38. The standard InChI is InChI=1S/C14H16ClN3O/c1-9-2-3-11(15)8-12(9)14-17-13(18-19-14)10-4-6-16-7-5-10/h2-3,8,10,16H,4-7H2,1H3. The molecule has 1 aliphatic rings. The predicted molar refractivity (Wildman–Crippen MR) is 74.3 cm³/mol. The maximum atomic E-state index is 6.02. The van der Waals surface area contributed by atoms with Gasteiger partial charge < -0.3 is 9.84 Å². The van der Waals surface area contributed by atoms with E-state index in [0.29, 0.717) is 16.8 Å². The van der Waals surface area contributed by atoms with Crippen molar-refractivity contribution in [3.8, 4) is 11.5 Å². The lowest BCUT2D eigenvalue weighted by Crippen LogP contribution is -2.27. The third-order valence-corrected chi connectivity index (χ3v) is 3.81. The molecule has 0 radical (unpaired) electrons. The van der Waals surface area contributed by atoms with Crippen LogP contribution >= 0.6 is 11.6 Å². The molecule has 0 spiro atoms. The second kappa shape index (κ2) is 5.31. The summed E-state index contributed by atoms with van der Waals surface area (Å²) in [5.74, 6) is 1.78. The monoisotopic (exact) mass is 277 g/mol. The first-order valence-corrected chi connectivity index (χ1v) is 6.92. The highest BCUT2D eigenvalue weighted by atomic mass is 35.5. The Morgan fingerprint density at radius 1 is 1.32 bits per heavy atom. The smallest absolute Gasteiger partial charge is 0.258 e. The SMILES string of the molecule is Cc1ccc(Cl)cc1-c1nc(C2CCNCC2)no1. The van der Waals surface area contributed by atoms with Crippen LogP contribution in [0.1, 0.15) is 30.1 Å². The number of halogens is 1. The van der Waals surface area contributed by atoms with E-state index in [4.69, 9.17) is 16.1 Å². The van der Waals surface area contributed by atoms with Gasteiger partial charge in [0.25, 0.3) is 5.89 Å². The molecular formula is C14H16ClN3O. The quantitative estimate of drug-likeness (QED) is 0.916. The van der Waals surface area contributed by atoms with E-state index >= 15 is 0 Å². The summed E-state index contributed by atoms with van der Waals surface area (Å²) in [4.78, 5) is 4.54.